The largest absolute Gasteiger partial charge is 0.398 e. The highest BCUT2D eigenvalue weighted by atomic mass is 16.1. The second-order valence-corrected chi connectivity index (χ2v) is 4.56. The maximum atomic E-state index is 12.6. The van der Waals surface area contributed by atoms with Gasteiger partial charge in [0.15, 0.2) is 0 Å². The van der Waals surface area contributed by atoms with Crippen molar-refractivity contribution in [2.45, 2.75) is 0 Å². The monoisotopic (exact) mass is 262 g/mol. The van der Waals surface area contributed by atoms with Crippen molar-refractivity contribution < 1.29 is 0 Å². The molecule has 0 spiro atoms. The Bertz CT molecular complexity index is 713. The number of aromatic nitrogens is 1. The van der Waals surface area contributed by atoms with Gasteiger partial charge in [-0.3, -0.25) is 9.36 Å². The first-order chi connectivity index (χ1) is 9.75. The predicted molar refractivity (Wildman–Crippen MR) is 81.9 cm³/mol. The number of benzene rings is 2. The van der Waals surface area contributed by atoms with E-state index < -0.39 is 0 Å². The summed E-state index contributed by atoms with van der Waals surface area (Å²) in [6.45, 7) is 0. The SMILES string of the molecule is Nc1cc(-c2ccccc2)c(=O)n(-c2ccccc2)c1. The Morgan fingerprint density at radius 2 is 1.45 bits per heavy atom. The number of nitrogens with two attached hydrogens (primary N) is 1. The fraction of sp³-hybridized carbons (Fsp3) is 0. The van der Waals surface area contributed by atoms with Gasteiger partial charge in [-0.2, -0.15) is 0 Å². The van der Waals surface area contributed by atoms with Crippen molar-refractivity contribution in [3.8, 4) is 16.8 Å². The third kappa shape index (κ3) is 2.21. The zero-order valence-corrected chi connectivity index (χ0v) is 10.9. The molecule has 0 amide bonds. The number of para-hydroxylation sites is 1. The van der Waals surface area contributed by atoms with E-state index in [1.807, 2.05) is 60.7 Å². The van der Waals surface area contributed by atoms with Crippen molar-refractivity contribution in [2.75, 3.05) is 5.73 Å². The van der Waals surface area contributed by atoms with E-state index in [0.29, 0.717) is 11.3 Å². The van der Waals surface area contributed by atoms with Gasteiger partial charge >= 0.3 is 0 Å². The molecule has 0 saturated heterocycles. The first-order valence-electron chi connectivity index (χ1n) is 6.39. The first-order valence-corrected chi connectivity index (χ1v) is 6.39. The van der Waals surface area contributed by atoms with Gasteiger partial charge in [0.25, 0.3) is 5.56 Å². The van der Waals surface area contributed by atoms with Crippen molar-refractivity contribution in [1.29, 1.82) is 0 Å². The summed E-state index contributed by atoms with van der Waals surface area (Å²) < 4.78 is 1.58. The summed E-state index contributed by atoms with van der Waals surface area (Å²) in [5, 5.41) is 0. The second-order valence-electron chi connectivity index (χ2n) is 4.56. The van der Waals surface area contributed by atoms with Gasteiger partial charge in [0.1, 0.15) is 0 Å². The van der Waals surface area contributed by atoms with Crippen LogP contribution in [0.5, 0.6) is 0 Å². The van der Waals surface area contributed by atoms with Crippen LogP contribution in [0.25, 0.3) is 16.8 Å². The lowest BCUT2D eigenvalue weighted by atomic mass is 10.1. The molecule has 3 rings (SSSR count). The highest BCUT2D eigenvalue weighted by Crippen LogP contribution is 2.18. The third-order valence-corrected chi connectivity index (χ3v) is 3.16. The zero-order chi connectivity index (χ0) is 13.9. The van der Waals surface area contributed by atoms with E-state index in [4.69, 9.17) is 5.73 Å². The van der Waals surface area contributed by atoms with E-state index in [2.05, 4.69) is 0 Å². The topological polar surface area (TPSA) is 48.0 Å². The summed E-state index contributed by atoms with van der Waals surface area (Å²) in [6.07, 6.45) is 1.66. The minimum Gasteiger partial charge on any atom is -0.398 e. The van der Waals surface area contributed by atoms with Crippen LogP contribution in [0.1, 0.15) is 0 Å². The van der Waals surface area contributed by atoms with Gasteiger partial charge in [-0.1, -0.05) is 48.5 Å². The summed E-state index contributed by atoms with van der Waals surface area (Å²) in [4.78, 5) is 12.6. The smallest absolute Gasteiger partial charge is 0.263 e. The average molecular weight is 262 g/mol. The number of hydrogen-bond acceptors (Lipinski definition) is 2. The molecule has 0 atom stereocenters. The Balaban J connectivity index is 2.25. The lowest BCUT2D eigenvalue weighted by Crippen LogP contribution is -2.20. The molecule has 0 radical (unpaired) electrons. The van der Waals surface area contributed by atoms with Crippen LogP contribution in [-0.2, 0) is 0 Å². The highest BCUT2D eigenvalue weighted by Gasteiger charge is 2.08. The molecule has 0 bridgehead atoms. The van der Waals surface area contributed by atoms with Crippen molar-refractivity contribution in [1.82, 2.24) is 4.57 Å². The van der Waals surface area contributed by atoms with Crippen molar-refractivity contribution >= 4 is 5.69 Å². The molecular formula is C17H14N2O. The van der Waals surface area contributed by atoms with Crippen LogP contribution in [0.15, 0.2) is 77.7 Å². The molecule has 20 heavy (non-hydrogen) atoms. The van der Waals surface area contributed by atoms with Crippen LogP contribution in [-0.4, -0.2) is 4.57 Å². The lowest BCUT2D eigenvalue weighted by molar-refractivity contribution is 0.997. The van der Waals surface area contributed by atoms with Crippen molar-refractivity contribution in [3.63, 3.8) is 0 Å². The minimum atomic E-state index is -0.0726. The second kappa shape index (κ2) is 5.05. The number of hydrogen-bond donors (Lipinski definition) is 1. The van der Waals surface area contributed by atoms with Crippen LogP contribution >= 0.6 is 0 Å². The summed E-state index contributed by atoms with van der Waals surface area (Å²) in [6, 6.07) is 20.7. The van der Waals surface area contributed by atoms with Crippen LogP contribution in [0.4, 0.5) is 5.69 Å². The fourth-order valence-corrected chi connectivity index (χ4v) is 2.21. The van der Waals surface area contributed by atoms with Crippen LogP contribution in [0, 0.1) is 0 Å². The molecule has 1 aromatic heterocycles. The molecule has 0 aliphatic rings. The Morgan fingerprint density at radius 3 is 2.10 bits per heavy atom. The van der Waals surface area contributed by atoms with Gasteiger partial charge in [0.2, 0.25) is 0 Å². The Kier molecular flexibility index (Phi) is 3.09. The van der Waals surface area contributed by atoms with Gasteiger partial charge in [0.05, 0.1) is 0 Å². The maximum absolute atomic E-state index is 12.6. The van der Waals surface area contributed by atoms with Crippen LogP contribution in [0.2, 0.25) is 0 Å². The first kappa shape index (κ1) is 12.2. The highest BCUT2D eigenvalue weighted by molar-refractivity contribution is 5.66. The lowest BCUT2D eigenvalue weighted by Gasteiger charge is -2.10. The minimum absolute atomic E-state index is 0.0726. The Morgan fingerprint density at radius 1 is 0.850 bits per heavy atom. The molecule has 0 aliphatic carbocycles. The number of nitrogen functional groups attached to an aromatic ring is 1. The quantitative estimate of drug-likeness (QED) is 0.771. The van der Waals surface area contributed by atoms with Gasteiger partial charge in [0, 0.05) is 23.1 Å². The molecule has 0 fully saturated rings. The molecule has 1 heterocycles. The predicted octanol–water partition coefficient (Wildman–Crippen LogP) is 3.09. The molecule has 98 valence electrons. The van der Waals surface area contributed by atoms with Gasteiger partial charge in [-0.05, 0) is 23.8 Å². The summed E-state index contributed by atoms with van der Waals surface area (Å²) in [5.74, 6) is 0. The van der Waals surface area contributed by atoms with E-state index in [1.165, 1.54) is 0 Å². The Labute approximate surface area is 116 Å². The average Bonchev–Trinajstić information content (AvgIpc) is 2.51. The van der Waals surface area contributed by atoms with Gasteiger partial charge in [-0.25, -0.2) is 0 Å². The summed E-state index contributed by atoms with van der Waals surface area (Å²) in [7, 11) is 0. The maximum Gasteiger partial charge on any atom is 0.263 e. The van der Waals surface area contributed by atoms with Crippen molar-refractivity contribution in [3.05, 3.63) is 83.3 Å². The van der Waals surface area contributed by atoms with Crippen LogP contribution < -0.4 is 11.3 Å². The van der Waals surface area contributed by atoms with Gasteiger partial charge < -0.3 is 5.73 Å². The van der Waals surface area contributed by atoms with E-state index in [0.717, 1.165) is 11.3 Å². The third-order valence-electron chi connectivity index (χ3n) is 3.16. The molecular weight excluding hydrogens is 248 g/mol. The molecule has 3 aromatic rings. The number of rotatable bonds is 2. The molecule has 2 aromatic carbocycles. The molecule has 0 saturated carbocycles. The zero-order valence-electron chi connectivity index (χ0n) is 10.9. The fourth-order valence-electron chi connectivity index (χ4n) is 2.21. The summed E-state index contributed by atoms with van der Waals surface area (Å²) >= 11 is 0. The molecule has 2 N–H and O–H groups in total. The van der Waals surface area contributed by atoms with E-state index in [-0.39, 0.29) is 5.56 Å². The van der Waals surface area contributed by atoms with Crippen LogP contribution in [0.3, 0.4) is 0 Å². The number of anilines is 1. The number of nitrogens with zero attached hydrogens (tertiary/aromatic N) is 1. The van der Waals surface area contributed by atoms with E-state index in [1.54, 1.807) is 16.8 Å². The molecule has 0 aliphatic heterocycles. The number of pyridine rings is 1. The van der Waals surface area contributed by atoms with E-state index >= 15 is 0 Å². The molecule has 3 nitrogen and oxygen atoms in total. The summed E-state index contributed by atoms with van der Waals surface area (Å²) in [5.41, 5.74) is 8.72. The van der Waals surface area contributed by atoms with Crippen molar-refractivity contribution in [2.24, 2.45) is 0 Å². The van der Waals surface area contributed by atoms with E-state index in [9.17, 15) is 4.79 Å². The van der Waals surface area contributed by atoms with Gasteiger partial charge in [-0.15, -0.1) is 0 Å². The molecule has 0 unspecified atom stereocenters. The molecule has 3 heteroatoms. The standard InChI is InChI=1S/C17H14N2O/c18-14-11-16(13-7-3-1-4-8-13)17(20)19(12-14)15-9-5-2-6-10-15/h1-12H,18H2. The Hall–Kier alpha value is -2.81. The normalized spacial score (nSPS) is 10.4.